The van der Waals surface area contributed by atoms with Gasteiger partial charge in [0.15, 0.2) is 0 Å². The summed E-state index contributed by atoms with van der Waals surface area (Å²) in [6, 6.07) is -0.241. The summed E-state index contributed by atoms with van der Waals surface area (Å²) in [7, 11) is 1.80. The maximum Gasteiger partial charge on any atom is 0.104 e. The first kappa shape index (κ1) is 11.2. The van der Waals surface area contributed by atoms with Crippen molar-refractivity contribution in [2.45, 2.75) is 35.2 Å². The van der Waals surface area contributed by atoms with Gasteiger partial charge in [0.25, 0.3) is 0 Å². The van der Waals surface area contributed by atoms with Crippen LogP contribution in [0.2, 0.25) is 0 Å². The lowest BCUT2D eigenvalue weighted by Crippen LogP contribution is -2.51. The fraction of sp³-hybridized carbons (Fsp3) is 0.889. The van der Waals surface area contributed by atoms with Crippen LogP contribution in [-0.4, -0.2) is 63.6 Å². The number of rotatable bonds is 1. The third-order valence-corrected chi connectivity index (χ3v) is 4.55. The number of aliphatic hydroxyl groups is 3. The van der Waals surface area contributed by atoms with Gasteiger partial charge in [0.1, 0.15) is 6.10 Å². The fourth-order valence-corrected chi connectivity index (χ4v) is 3.59. The minimum atomic E-state index is -0.888. The number of amidine groups is 1. The van der Waals surface area contributed by atoms with Crippen molar-refractivity contribution in [1.29, 1.82) is 0 Å². The zero-order valence-corrected chi connectivity index (χ0v) is 9.31. The highest BCUT2D eigenvalue weighted by atomic mass is 32.2. The number of hydrogen-bond donors (Lipinski definition) is 4. The molecule has 0 aromatic rings. The van der Waals surface area contributed by atoms with E-state index in [2.05, 4.69) is 10.3 Å². The average molecular weight is 232 g/mol. The normalized spacial score (nSPS) is 44.8. The predicted octanol–water partition coefficient (Wildman–Crippen LogP) is -1.43. The van der Waals surface area contributed by atoms with Gasteiger partial charge in [0.05, 0.1) is 29.8 Å². The second kappa shape index (κ2) is 4.29. The number of aliphatic imine (C=N–C) groups is 1. The highest BCUT2D eigenvalue weighted by molar-refractivity contribution is 8.00. The van der Waals surface area contributed by atoms with Crippen LogP contribution in [0.25, 0.3) is 0 Å². The van der Waals surface area contributed by atoms with E-state index < -0.39 is 12.2 Å². The molecule has 5 atom stereocenters. The molecule has 0 radical (unpaired) electrons. The topological polar surface area (TPSA) is 85.1 Å². The van der Waals surface area contributed by atoms with Crippen LogP contribution in [-0.2, 0) is 0 Å². The van der Waals surface area contributed by atoms with Crippen LogP contribution >= 0.6 is 11.8 Å². The summed E-state index contributed by atoms with van der Waals surface area (Å²) in [6.07, 6.45) is -0.980. The molecule has 1 fully saturated rings. The van der Waals surface area contributed by atoms with Gasteiger partial charge in [-0.15, -0.1) is 11.8 Å². The Balaban J connectivity index is 2.12. The van der Waals surface area contributed by atoms with Crippen LogP contribution in [0, 0.1) is 0 Å². The van der Waals surface area contributed by atoms with Crippen molar-refractivity contribution in [2.75, 3.05) is 13.7 Å². The van der Waals surface area contributed by atoms with E-state index in [1.165, 1.54) is 11.8 Å². The van der Waals surface area contributed by atoms with Gasteiger partial charge in [0, 0.05) is 18.7 Å². The first-order valence-corrected chi connectivity index (χ1v) is 5.98. The summed E-state index contributed by atoms with van der Waals surface area (Å²) in [6.45, 7) is -0.110. The van der Waals surface area contributed by atoms with E-state index in [-0.39, 0.29) is 23.1 Å². The number of nitrogens with one attached hydrogen (secondary N) is 1. The van der Waals surface area contributed by atoms with Gasteiger partial charge in [0.2, 0.25) is 0 Å². The summed E-state index contributed by atoms with van der Waals surface area (Å²) in [5.41, 5.74) is 0. The summed E-state index contributed by atoms with van der Waals surface area (Å²) in [4.78, 5) is 4.32. The lowest BCUT2D eigenvalue weighted by Gasteiger charge is -2.37. The molecule has 2 heterocycles. The molecule has 86 valence electrons. The quantitative estimate of drug-likeness (QED) is 0.446. The van der Waals surface area contributed by atoms with Crippen LogP contribution < -0.4 is 5.32 Å². The van der Waals surface area contributed by atoms with Gasteiger partial charge in [-0.2, -0.15) is 0 Å². The second-order valence-corrected chi connectivity index (χ2v) is 5.38. The summed E-state index contributed by atoms with van der Waals surface area (Å²) < 4.78 is 0. The highest BCUT2D eigenvalue weighted by Crippen LogP contribution is 2.38. The van der Waals surface area contributed by atoms with Crippen molar-refractivity contribution in [1.82, 2.24) is 5.32 Å². The third-order valence-electron chi connectivity index (χ3n) is 2.98. The molecule has 0 aliphatic carbocycles. The van der Waals surface area contributed by atoms with Crippen molar-refractivity contribution < 1.29 is 15.3 Å². The molecule has 5 nitrogen and oxygen atoms in total. The molecule has 4 N–H and O–H groups in total. The second-order valence-electron chi connectivity index (χ2n) is 3.90. The van der Waals surface area contributed by atoms with Gasteiger partial charge < -0.3 is 20.6 Å². The van der Waals surface area contributed by atoms with E-state index in [9.17, 15) is 10.2 Å². The van der Waals surface area contributed by atoms with Crippen molar-refractivity contribution in [3.8, 4) is 0 Å². The molecule has 0 aromatic carbocycles. The van der Waals surface area contributed by atoms with Gasteiger partial charge >= 0.3 is 0 Å². The third kappa shape index (κ3) is 1.87. The molecular weight excluding hydrogens is 216 g/mol. The Kier molecular flexibility index (Phi) is 3.20. The molecule has 0 aromatic heterocycles. The number of aliphatic hydroxyl groups excluding tert-OH is 3. The van der Waals surface area contributed by atoms with Gasteiger partial charge in [-0.1, -0.05) is 0 Å². The predicted molar refractivity (Wildman–Crippen MR) is 59.2 cm³/mol. The first-order chi connectivity index (χ1) is 7.17. The molecule has 1 saturated heterocycles. The molecule has 0 bridgehead atoms. The van der Waals surface area contributed by atoms with Crippen molar-refractivity contribution in [2.24, 2.45) is 4.99 Å². The Bertz CT molecular complexity index is 274. The zero-order chi connectivity index (χ0) is 11.0. The SMILES string of the molecule is CNC1=N[C@@H]2[C@@H](O)[C@H](O)[C@@H](CO)S[C@@H]2C1. The Labute approximate surface area is 92.6 Å². The smallest absolute Gasteiger partial charge is 0.104 e. The minimum absolute atomic E-state index is 0.110. The summed E-state index contributed by atoms with van der Waals surface area (Å²) in [5, 5.41) is 31.5. The monoisotopic (exact) mass is 232 g/mol. The molecule has 0 unspecified atom stereocenters. The van der Waals surface area contributed by atoms with Crippen LogP contribution in [0.4, 0.5) is 0 Å². The van der Waals surface area contributed by atoms with Crippen LogP contribution in [0.5, 0.6) is 0 Å². The lowest BCUT2D eigenvalue weighted by molar-refractivity contribution is -0.00798. The molecule has 15 heavy (non-hydrogen) atoms. The number of nitrogens with zero attached hydrogens (tertiary/aromatic N) is 1. The average Bonchev–Trinajstić information content (AvgIpc) is 2.66. The van der Waals surface area contributed by atoms with Crippen molar-refractivity contribution in [3.05, 3.63) is 0 Å². The van der Waals surface area contributed by atoms with Gasteiger partial charge in [-0.05, 0) is 0 Å². The van der Waals surface area contributed by atoms with Gasteiger partial charge in [-0.25, -0.2) is 0 Å². The van der Waals surface area contributed by atoms with Crippen LogP contribution in [0.15, 0.2) is 4.99 Å². The van der Waals surface area contributed by atoms with Crippen LogP contribution in [0.3, 0.4) is 0 Å². The van der Waals surface area contributed by atoms with Crippen molar-refractivity contribution >= 4 is 17.6 Å². The molecule has 6 heteroatoms. The number of fused-ring (bicyclic) bond motifs is 1. The molecular formula is C9H16N2O3S. The largest absolute Gasteiger partial charge is 0.395 e. The molecule has 0 spiro atoms. The van der Waals surface area contributed by atoms with E-state index >= 15 is 0 Å². The van der Waals surface area contributed by atoms with E-state index in [0.29, 0.717) is 0 Å². The molecule has 2 rings (SSSR count). The maximum absolute atomic E-state index is 9.85. The highest BCUT2D eigenvalue weighted by Gasteiger charge is 2.46. The number of thioether (sulfide) groups is 1. The first-order valence-electron chi connectivity index (χ1n) is 5.04. The Morgan fingerprint density at radius 2 is 2.20 bits per heavy atom. The maximum atomic E-state index is 9.85. The standard InChI is InChI=1S/C9H16N2O3S/c1-10-6-2-4-7(11-6)9(14)8(13)5(3-12)15-4/h4-5,7-9,12-14H,2-3H2,1H3,(H,10,11)/t4-,5-,7+,8-,9-/m1/s1. The van der Waals surface area contributed by atoms with E-state index in [1.807, 2.05) is 0 Å². The summed E-state index contributed by atoms with van der Waals surface area (Å²) >= 11 is 1.52. The van der Waals surface area contributed by atoms with E-state index in [1.54, 1.807) is 7.05 Å². The fourth-order valence-electron chi connectivity index (χ4n) is 2.10. The lowest BCUT2D eigenvalue weighted by atomic mass is 10.00. The molecule has 2 aliphatic heterocycles. The molecule has 0 saturated carbocycles. The Morgan fingerprint density at radius 1 is 1.47 bits per heavy atom. The van der Waals surface area contributed by atoms with E-state index in [0.717, 1.165) is 12.3 Å². The zero-order valence-electron chi connectivity index (χ0n) is 8.50. The molecule has 2 aliphatic rings. The van der Waals surface area contributed by atoms with E-state index in [4.69, 9.17) is 5.11 Å². The van der Waals surface area contributed by atoms with Gasteiger partial charge in [-0.3, -0.25) is 4.99 Å². The molecule has 0 amide bonds. The Morgan fingerprint density at radius 3 is 2.80 bits per heavy atom. The minimum Gasteiger partial charge on any atom is -0.395 e. The van der Waals surface area contributed by atoms with Crippen molar-refractivity contribution in [3.63, 3.8) is 0 Å². The number of hydrogen-bond acceptors (Lipinski definition) is 6. The van der Waals surface area contributed by atoms with Crippen LogP contribution in [0.1, 0.15) is 6.42 Å². The summed E-state index contributed by atoms with van der Waals surface area (Å²) in [5.74, 6) is 0.863. The Hall–Kier alpha value is -0.300.